The van der Waals surface area contributed by atoms with Gasteiger partial charge in [0, 0.05) is 21.0 Å². The lowest BCUT2D eigenvalue weighted by Crippen LogP contribution is -2.08. The normalized spacial score (nSPS) is 10.4. The number of aromatic nitrogens is 1. The Morgan fingerprint density at radius 2 is 1.89 bits per heavy atom. The van der Waals surface area contributed by atoms with Gasteiger partial charge in [0.05, 0.1) is 4.88 Å². The Morgan fingerprint density at radius 1 is 1.28 bits per heavy atom. The molecule has 0 aliphatic rings. The lowest BCUT2D eigenvalue weighted by Gasteiger charge is -2.05. The molecule has 0 radical (unpaired) electrons. The summed E-state index contributed by atoms with van der Waals surface area (Å²) in [6.07, 6.45) is 0. The highest BCUT2D eigenvalue weighted by molar-refractivity contribution is 7.19. The minimum atomic E-state index is -0.291. The summed E-state index contributed by atoms with van der Waals surface area (Å²) in [6.45, 7) is 1.49. The Labute approximate surface area is 109 Å². The molecule has 18 heavy (non-hydrogen) atoms. The molecule has 0 bridgehead atoms. The van der Waals surface area contributed by atoms with E-state index in [2.05, 4.69) is 4.98 Å². The largest absolute Gasteiger partial charge is 0.354 e. The summed E-state index contributed by atoms with van der Waals surface area (Å²) in [5.41, 5.74) is 1.25. The molecule has 0 fully saturated rings. The summed E-state index contributed by atoms with van der Waals surface area (Å²) in [4.78, 5) is 18.5. The molecule has 5 heteroatoms. The topological polar surface area (TPSA) is 33.2 Å². The van der Waals surface area contributed by atoms with Gasteiger partial charge in [-0.1, -0.05) is 23.5 Å². The molecule has 1 aromatic carbocycles. The molecule has 0 saturated heterocycles. The van der Waals surface area contributed by atoms with Crippen molar-refractivity contribution in [3.05, 3.63) is 35.8 Å². The van der Waals surface area contributed by atoms with Crippen molar-refractivity contribution < 1.29 is 9.18 Å². The predicted molar refractivity (Wildman–Crippen MR) is 71.8 cm³/mol. The lowest BCUT2D eigenvalue weighted by atomic mass is 10.1. The van der Waals surface area contributed by atoms with E-state index in [0.29, 0.717) is 5.69 Å². The number of hydrogen-bond donors (Lipinski definition) is 0. The number of rotatable bonds is 3. The van der Waals surface area contributed by atoms with Crippen LogP contribution in [0.3, 0.4) is 0 Å². The minimum absolute atomic E-state index is 0.0846. The summed E-state index contributed by atoms with van der Waals surface area (Å²) in [6, 6.07) is 6.09. The molecule has 0 aliphatic heterocycles. The molecule has 1 aromatic heterocycles. The first-order valence-corrected chi connectivity index (χ1v) is 6.25. The van der Waals surface area contributed by atoms with Crippen LogP contribution in [0.2, 0.25) is 0 Å². The maximum atomic E-state index is 12.9. The summed E-state index contributed by atoms with van der Waals surface area (Å²) >= 11 is 1.43. The van der Waals surface area contributed by atoms with Gasteiger partial charge in [0.2, 0.25) is 0 Å². The van der Waals surface area contributed by atoms with E-state index in [1.165, 1.54) is 30.4 Å². The third-order valence-corrected chi connectivity index (χ3v) is 3.71. The maximum absolute atomic E-state index is 12.9. The van der Waals surface area contributed by atoms with E-state index in [1.807, 2.05) is 19.0 Å². The Bertz CT molecular complexity index is 575. The lowest BCUT2D eigenvalue weighted by molar-refractivity contribution is 0.101. The van der Waals surface area contributed by atoms with Crippen molar-refractivity contribution in [2.75, 3.05) is 19.0 Å². The van der Waals surface area contributed by atoms with Gasteiger partial charge in [-0.15, -0.1) is 0 Å². The first-order valence-electron chi connectivity index (χ1n) is 5.44. The van der Waals surface area contributed by atoms with Crippen molar-refractivity contribution in [3.8, 4) is 10.4 Å². The zero-order chi connectivity index (χ0) is 13.3. The van der Waals surface area contributed by atoms with Gasteiger partial charge in [-0.05, 0) is 17.7 Å². The van der Waals surface area contributed by atoms with Gasteiger partial charge < -0.3 is 4.90 Å². The first-order chi connectivity index (χ1) is 8.49. The maximum Gasteiger partial charge on any atom is 0.186 e. The van der Waals surface area contributed by atoms with Gasteiger partial charge in [-0.2, -0.15) is 0 Å². The molecular weight excluding hydrogens is 251 g/mol. The Balaban J connectivity index is 2.55. The fourth-order valence-corrected chi connectivity index (χ4v) is 2.58. The number of carbonyl (C=O) groups excluding carboxylic acids is 1. The van der Waals surface area contributed by atoms with E-state index in [-0.39, 0.29) is 11.6 Å². The van der Waals surface area contributed by atoms with Crippen LogP contribution in [0.5, 0.6) is 0 Å². The number of halogens is 1. The van der Waals surface area contributed by atoms with Gasteiger partial charge in [-0.3, -0.25) is 4.79 Å². The summed E-state index contributed by atoms with van der Waals surface area (Å²) in [5.74, 6) is -0.376. The van der Waals surface area contributed by atoms with Crippen molar-refractivity contribution in [2.24, 2.45) is 0 Å². The Morgan fingerprint density at radius 3 is 2.39 bits per heavy atom. The molecule has 2 rings (SSSR count). The third-order valence-electron chi connectivity index (χ3n) is 2.44. The minimum Gasteiger partial charge on any atom is -0.354 e. The number of benzene rings is 1. The molecule has 0 aliphatic carbocycles. The molecule has 94 valence electrons. The number of ketones is 1. The van der Waals surface area contributed by atoms with Crippen LogP contribution < -0.4 is 4.90 Å². The molecule has 0 amide bonds. The molecular formula is C13H13FN2OS. The second kappa shape index (κ2) is 4.86. The van der Waals surface area contributed by atoms with Crippen LogP contribution in [0.15, 0.2) is 24.3 Å². The van der Waals surface area contributed by atoms with Crippen LogP contribution in [0.25, 0.3) is 10.4 Å². The van der Waals surface area contributed by atoms with Crippen molar-refractivity contribution in [1.82, 2.24) is 4.98 Å². The van der Waals surface area contributed by atoms with E-state index in [1.54, 1.807) is 12.1 Å². The van der Waals surface area contributed by atoms with E-state index in [9.17, 15) is 9.18 Å². The van der Waals surface area contributed by atoms with E-state index >= 15 is 0 Å². The number of anilines is 1. The quantitative estimate of drug-likeness (QED) is 0.798. The van der Waals surface area contributed by atoms with Gasteiger partial charge >= 0.3 is 0 Å². The van der Waals surface area contributed by atoms with Crippen molar-refractivity contribution >= 4 is 22.3 Å². The predicted octanol–water partition coefficient (Wildman–Crippen LogP) is 3.22. The molecule has 0 atom stereocenters. The van der Waals surface area contributed by atoms with Crippen LogP contribution in [-0.2, 0) is 0 Å². The van der Waals surface area contributed by atoms with Gasteiger partial charge in [0.25, 0.3) is 0 Å². The summed E-state index contributed by atoms with van der Waals surface area (Å²) in [7, 11) is 3.74. The monoisotopic (exact) mass is 264 g/mol. The van der Waals surface area contributed by atoms with Gasteiger partial charge in [0.15, 0.2) is 10.9 Å². The highest BCUT2D eigenvalue weighted by atomic mass is 32.1. The van der Waals surface area contributed by atoms with Crippen LogP contribution in [0.4, 0.5) is 9.52 Å². The number of thiazole rings is 1. The first kappa shape index (κ1) is 12.7. The highest BCUT2D eigenvalue weighted by Crippen LogP contribution is 2.34. The molecule has 1 heterocycles. The van der Waals surface area contributed by atoms with E-state index in [0.717, 1.165) is 15.6 Å². The number of hydrogen-bond acceptors (Lipinski definition) is 4. The van der Waals surface area contributed by atoms with E-state index in [4.69, 9.17) is 0 Å². The van der Waals surface area contributed by atoms with Crippen LogP contribution in [-0.4, -0.2) is 24.9 Å². The third kappa shape index (κ3) is 2.41. The second-order valence-electron chi connectivity index (χ2n) is 4.13. The molecule has 0 saturated carbocycles. The number of nitrogens with zero attached hydrogens (tertiary/aromatic N) is 2. The smallest absolute Gasteiger partial charge is 0.186 e. The van der Waals surface area contributed by atoms with Crippen LogP contribution in [0.1, 0.15) is 17.4 Å². The molecule has 2 aromatic rings. The SMILES string of the molecule is CC(=O)c1nc(N(C)C)sc1-c1ccc(F)cc1. The molecule has 0 unspecified atom stereocenters. The number of carbonyl (C=O) groups is 1. The van der Waals surface area contributed by atoms with Crippen LogP contribution in [0, 0.1) is 5.82 Å². The standard InChI is InChI=1S/C13H13FN2OS/c1-8(17)11-12(18-13(15-11)16(2)3)9-4-6-10(14)7-5-9/h4-7H,1-3H3. The molecule has 0 N–H and O–H groups in total. The molecule has 3 nitrogen and oxygen atoms in total. The van der Waals surface area contributed by atoms with Gasteiger partial charge in [0.1, 0.15) is 11.5 Å². The molecule has 0 spiro atoms. The Kier molecular flexibility index (Phi) is 3.43. The summed E-state index contributed by atoms with van der Waals surface area (Å²) in [5, 5.41) is 0.763. The van der Waals surface area contributed by atoms with Gasteiger partial charge in [-0.25, -0.2) is 9.37 Å². The van der Waals surface area contributed by atoms with Crippen molar-refractivity contribution in [1.29, 1.82) is 0 Å². The van der Waals surface area contributed by atoms with Crippen molar-refractivity contribution in [2.45, 2.75) is 6.92 Å². The van der Waals surface area contributed by atoms with Crippen LogP contribution >= 0.6 is 11.3 Å². The zero-order valence-electron chi connectivity index (χ0n) is 10.4. The average molecular weight is 264 g/mol. The Hall–Kier alpha value is -1.75. The fraction of sp³-hybridized carbons (Fsp3) is 0.231. The zero-order valence-corrected chi connectivity index (χ0v) is 11.2. The summed E-state index contributed by atoms with van der Waals surface area (Å²) < 4.78 is 12.9. The average Bonchev–Trinajstić information content (AvgIpc) is 2.75. The number of Topliss-reactive ketones (excluding diaryl/α,β-unsaturated/α-hetero) is 1. The van der Waals surface area contributed by atoms with E-state index < -0.39 is 0 Å². The van der Waals surface area contributed by atoms with Crippen molar-refractivity contribution in [3.63, 3.8) is 0 Å². The highest BCUT2D eigenvalue weighted by Gasteiger charge is 2.17. The fourth-order valence-electron chi connectivity index (χ4n) is 1.54. The second-order valence-corrected chi connectivity index (χ2v) is 5.11.